The van der Waals surface area contributed by atoms with Crippen LogP contribution in [-0.2, 0) is 11.3 Å². The van der Waals surface area contributed by atoms with E-state index in [2.05, 4.69) is 15.5 Å². The molecule has 0 spiro atoms. The summed E-state index contributed by atoms with van der Waals surface area (Å²) in [5, 5.41) is 12.0. The second-order valence-electron chi connectivity index (χ2n) is 4.95. The van der Waals surface area contributed by atoms with E-state index in [1.54, 1.807) is 0 Å². The number of rotatable bonds is 3. The van der Waals surface area contributed by atoms with Gasteiger partial charge in [-0.1, -0.05) is 12.1 Å². The number of benzene rings is 1. The Labute approximate surface area is 111 Å². The molecule has 0 radical (unpaired) electrons. The Hall–Kier alpha value is -1.95. The largest absolute Gasteiger partial charge is 0.398 e. The number of ether oxygens (including phenoxy) is 1. The molecule has 19 heavy (non-hydrogen) atoms. The van der Waals surface area contributed by atoms with Gasteiger partial charge >= 0.3 is 0 Å². The Morgan fingerprint density at radius 3 is 3.16 bits per heavy atom. The highest BCUT2D eigenvalue weighted by Crippen LogP contribution is 2.27. The molecule has 1 aromatic carbocycles. The van der Waals surface area contributed by atoms with Crippen LogP contribution in [0.25, 0.3) is 11.4 Å². The highest BCUT2D eigenvalue weighted by atomic mass is 16.5. The van der Waals surface area contributed by atoms with Gasteiger partial charge in [-0.2, -0.15) is 0 Å². The van der Waals surface area contributed by atoms with E-state index >= 15 is 0 Å². The maximum atomic E-state index is 6.12. The monoisotopic (exact) mass is 259 g/mol. The third-order valence-electron chi connectivity index (χ3n) is 3.55. The molecule has 0 bridgehead atoms. The lowest BCUT2D eigenvalue weighted by Gasteiger charge is -2.11. The molecular formula is C13H17N5O. The average molecular weight is 259 g/mol. The van der Waals surface area contributed by atoms with Crippen LogP contribution >= 0.6 is 0 Å². The van der Waals surface area contributed by atoms with Crippen molar-refractivity contribution in [2.75, 3.05) is 18.9 Å². The number of para-hydroxylation sites is 1. The minimum absolute atomic E-state index is 0.480. The van der Waals surface area contributed by atoms with Crippen LogP contribution in [0.5, 0.6) is 0 Å². The lowest BCUT2D eigenvalue weighted by atomic mass is 10.1. The summed E-state index contributed by atoms with van der Waals surface area (Å²) < 4.78 is 7.21. The number of hydrogen-bond acceptors (Lipinski definition) is 5. The second kappa shape index (κ2) is 4.97. The standard InChI is InChI=1S/C13H17N5O/c1-9-3-2-4-11(12(9)14)13-15-16-17-18(13)7-10-5-6-19-8-10/h2-4,10H,5-8,14H2,1H3. The molecule has 2 N–H and O–H groups in total. The predicted octanol–water partition coefficient (Wildman–Crippen LogP) is 1.27. The third-order valence-corrected chi connectivity index (χ3v) is 3.55. The summed E-state index contributed by atoms with van der Waals surface area (Å²) >= 11 is 0. The highest BCUT2D eigenvalue weighted by Gasteiger charge is 2.20. The maximum Gasteiger partial charge on any atom is 0.184 e. The number of anilines is 1. The molecule has 1 atom stereocenters. The second-order valence-corrected chi connectivity index (χ2v) is 4.95. The molecule has 1 aromatic heterocycles. The normalized spacial score (nSPS) is 18.9. The Morgan fingerprint density at radius 2 is 2.37 bits per heavy atom. The highest BCUT2D eigenvalue weighted by molar-refractivity contribution is 5.73. The number of hydrogen-bond donors (Lipinski definition) is 1. The number of aromatic nitrogens is 4. The minimum Gasteiger partial charge on any atom is -0.398 e. The Kier molecular flexibility index (Phi) is 3.16. The predicted molar refractivity (Wildman–Crippen MR) is 71.3 cm³/mol. The number of tetrazole rings is 1. The molecule has 1 aliphatic heterocycles. The fourth-order valence-corrected chi connectivity index (χ4v) is 2.37. The zero-order chi connectivity index (χ0) is 13.2. The van der Waals surface area contributed by atoms with Crippen LogP contribution in [0, 0.1) is 12.8 Å². The van der Waals surface area contributed by atoms with E-state index in [1.807, 2.05) is 29.8 Å². The van der Waals surface area contributed by atoms with Crippen LogP contribution in [0.2, 0.25) is 0 Å². The number of nitrogens with two attached hydrogens (primary N) is 1. The van der Waals surface area contributed by atoms with Gasteiger partial charge in [0, 0.05) is 23.8 Å². The zero-order valence-corrected chi connectivity index (χ0v) is 10.9. The van der Waals surface area contributed by atoms with E-state index in [4.69, 9.17) is 10.5 Å². The molecule has 6 nitrogen and oxygen atoms in total. The van der Waals surface area contributed by atoms with Gasteiger partial charge in [0.25, 0.3) is 0 Å². The van der Waals surface area contributed by atoms with Crippen molar-refractivity contribution in [3.8, 4) is 11.4 Å². The quantitative estimate of drug-likeness (QED) is 0.840. The van der Waals surface area contributed by atoms with Gasteiger partial charge < -0.3 is 10.5 Å². The lowest BCUT2D eigenvalue weighted by molar-refractivity contribution is 0.181. The van der Waals surface area contributed by atoms with Crippen LogP contribution in [0.3, 0.4) is 0 Å². The van der Waals surface area contributed by atoms with Gasteiger partial charge in [-0.25, -0.2) is 4.68 Å². The molecule has 0 saturated carbocycles. The SMILES string of the molecule is Cc1cccc(-c2nnnn2CC2CCOC2)c1N. The van der Waals surface area contributed by atoms with Crippen molar-refractivity contribution < 1.29 is 4.74 Å². The van der Waals surface area contributed by atoms with Crippen molar-refractivity contribution in [3.05, 3.63) is 23.8 Å². The maximum absolute atomic E-state index is 6.12. The molecule has 1 unspecified atom stereocenters. The molecular weight excluding hydrogens is 242 g/mol. The van der Waals surface area contributed by atoms with Gasteiger partial charge in [-0.15, -0.1) is 5.10 Å². The smallest absolute Gasteiger partial charge is 0.184 e. The van der Waals surface area contributed by atoms with Gasteiger partial charge in [0.15, 0.2) is 5.82 Å². The van der Waals surface area contributed by atoms with Gasteiger partial charge in [0.05, 0.1) is 13.2 Å². The topological polar surface area (TPSA) is 78.8 Å². The molecule has 100 valence electrons. The molecule has 1 aliphatic rings. The summed E-state index contributed by atoms with van der Waals surface area (Å²) in [5.74, 6) is 1.21. The van der Waals surface area contributed by atoms with E-state index < -0.39 is 0 Å². The molecule has 1 saturated heterocycles. The molecule has 2 heterocycles. The fraction of sp³-hybridized carbons (Fsp3) is 0.462. The van der Waals surface area contributed by atoms with Crippen LogP contribution < -0.4 is 5.73 Å². The first kappa shape index (κ1) is 12.1. The molecule has 2 aromatic rings. The molecule has 0 amide bonds. The van der Waals surface area contributed by atoms with Crippen molar-refractivity contribution in [2.24, 2.45) is 5.92 Å². The van der Waals surface area contributed by atoms with E-state index in [1.165, 1.54) is 0 Å². The van der Waals surface area contributed by atoms with Crippen LogP contribution in [-0.4, -0.2) is 33.4 Å². The third kappa shape index (κ3) is 2.31. The van der Waals surface area contributed by atoms with Crippen molar-refractivity contribution in [1.82, 2.24) is 20.2 Å². The Morgan fingerprint density at radius 1 is 1.47 bits per heavy atom. The Balaban J connectivity index is 1.92. The van der Waals surface area contributed by atoms with Crippen molar-refractivity contribution in [1.29, 1.82) is 0 Å². The van der Waals surface area contributed by atoms with Gasteiger partial charge in [-0.05, 0) is 35.4 Å². The number of aryl methyl sites for hydroxylation is 1. The summed E-state index contributed by atoms with van der Waals surface area (Å²) in [6, 6.07) is 5.91. The van der Waals surface area contributed by atoms with Gasteiger partial charge in [-0.3, -0.25) is 0 Å². The van der Waals surface area contributed by atoms with Crippen LogP contribution in [0.1, 0.15) is 12.0 Å². The number of nitrogen functional groups attached to an aromatic ring is 1. The average Bonchev–Trinajstić information content (AvgIpc) is 3.05. The first-order chi connectivity index (χ1) is 9.25. The van der Waals surface area contributed by atoms with E-state index in [9.17, 15) is 0 Å². The lowest BCUT2D eigenvalue weighted by Crippen LogP contribution is -2.13. The van der Waals surface area contributed by atoms with E-state index in [-0.39, 0.29) is 0 Å². The minimum atomic E-state index is 0.480. The van der Waals surface area contributed by atoms with Crippen LogP contribution in [0.4, 0.5) is 5.69 Å². The van der Waals surface area contributed by atoms with Crippen LogP contribution in [0.15, 0.2) is 18.2 Å². The van der Waals surface area contributed by atoms with E-state index in [0.29, 0.717) is 5.92 Å². The summed E-state index contributed by atoms with van der Waals surface area (Å²) in [6.07, 6.45) is 1.06. The number of nitrogens with zero attached hydrogens (tertiary/aromatic N) is 4. The summed E-state index contributed by atoms with van der Waals surface area (Å²) in [7, 11) is 0. The van der Waals surface area contributed by atoms with Gasteiger partial charge in [0.2, 0.25) is 0 Å². The first-order valence-electron chi connectivity index (χ1n) is 6.45. The van der Waals surface area contributed by atoms with Gasteiger partial charge in [0.1, 0.15) is 0 Å². The first-order valence-corrected chi connectivity index (χ1v) is 6.45. The molecule has 3 rings (SSSR count). The molecule has 0 aliphatic carbocycles. The summed E-state index contributed by atoms with van der Waals surface area (Å²) in [4.78, 5) is 0. The Bertz CT molecular complexity index is 574. The summed E-state index contributed by atoms with van der Waals surface area (Å²) in [5.41, 5.74) is 8.79. The molecule has 1 fully saturated rings. The van der Waals surface area contributed by atoms with Crippen molar-refractivity contribution in [3.63, 3.8) is 0 Å². The van der Waals surface area contributed by atoms with Crippen molar-refractivity contribution in [2.45, 2.75) is 19.9 Å². The summed E-state index contributed by atoms with van der Waals surface area (Å²) in [6.45, 7) is 4.37. The van der Waals surface area contributed by atoms with Crippen molar-refractivity contribution >= 4 is 5.69 Å². The fourth-order valence-electron chi connectivity index (χ4n) is 2.37. The zero-order valence-electron chi connectivity index (χ0n) is 10.9. The molecule has 6 heteroatoms. The van der Waals surface area contributed by atoms with E-state index in [0.717, 1.165) is 48.8 Å².